The van der Waals surface area contributed by atoms with Gasteiger partial charge in [0.25, 0.3) is 0 Å². The Morgan fingerprint density at radius 1 is 1.19 bits per heavy atom. The number of rotatable bonds is 3. The predicted octanol–water partition coefficient (Wildman–Crippen LogP) is 1.95. The molecule has 0 spiro atoms. The first kappa shape index (κ1) is 10.4. The van der Waals surface area contributed by atoms with Gasteiger partial charge in [0, 0.05) is 18.0 Å². The molecule has 0 atom stereocenters. The maximum atomic E-state index is 8.88. The maximum absolute atomic E-state index is 8.88. The fraction of sp³-hybridized carbons (Fsp3) is 0.0833. The number of hydrogen-bond donors (Lipinski definition) is 2. The van der Waals surface area contributed by atoms with Gasteiger partial charge in [-0.1, -0.05) is 12.1 Å². The standard InChI is InChI=1S/C12H12N2O2/c13-10-5-6-14-12(7-10)16-11-3-1-9(8-15)2-4-11/h1-7,15H,8H2,(H2,13,14). The molecule has 1 heterocycles. The van der Waals surface area contributed by atoms with Crippen molar-refractivity contribution in [1.82, 2.24) is 4.98 Å². The Bertz CT molecular complexity index is 469. The van der Waals surface area contributed by atoms with E-state index in [2.05, 4.69) is 4.98 Å². The first-order valence-electron chi connectivity index (χ1n) is 4.87. The van der Waals surface area contributed by atoms with Crippen LogP contribution in [-0.2, 0) is 6.61 Å². The molecule has 0 fully saturated rings. The molecule has 1 aromatic carbocycles. The van der Waals surface area contributed by atoms with Crippen molar-refractivity contribution in [2.75, 3.05) is 5.73 Å². The average molecular weight is 216 g/mol. The third-order valence-corrected chi connectivity index (χ3v) is 2.09. The van der Waals surface area contributed by atoms with Gasteiger partial charge in [-0.15, -0.1) is 0 Å². The summed E-state index contributed by atoms with van der Waals surface area (Å²) in [6.07, 6.45) is 1.59. The van der Waals surface area contributed by atoms with E-state index in [1.807, 2.05) is 0 Å². The third kappa shape index (κ3) is 2.49. The molecular formula is C12H12N2O2. The Morgan fingerprint density at radius 2 is 1.94 bits per heavy atom. The summed E-state index contributed by atoms with van der Waals surface area (Å²) in [6.45, 7) is 0.0246. The molecule has 0 aliphatic heterocycles. The van der Waals surface area contributed by atoms with Gasteiger partial charge in [-0.3, -0.25) is 0 Å². The molecule has 0 saturated carbocycles. The van der Waals surface area contributed by atoms with Crippen molar-refractivity contribution >= 4 is 5.69 Å². The van der Waals surface area contributed by atoms with Crippen molar-refractivity contribution in [2.45, 2.75) is 6.61 Å². The molecular weight excluding hydrogens is 204 g/mol. The van der Waals surface area contributed by atoms with Gasteiger partial charge in [0.15, 0.2) is 0 Å². The Labute approximate surface area is 93.3 Å². The Balaban J connectivity index is 2.14. The highest BCUT2D eigenvalue weighted by molar-refractivity contribution is 5.41. The van der Waals surface area contributed by atoms with Crippen LogP contribution in [0.2, 0.25) is 0 Å². The first-order valence-corrected chi connectivity index (χ1v) is 4.87. The second-order valence-electron chi connectivity index (χ2n) is 3.33. The highest BCUT2D eigenvalue weighted by atomic mass is 16.5. The fourth-order valence-electron chi connectivity index (χ4n) is 1.26. The maximum Gasteiger partial charge on any atom is 0.221 e. The lowest BCUT2D eigenvalue weighted by Gasteiger charge is -2.05. The van der Waals surface area contributed by atoms with Gasteiger partial charge in [0.05, 0.1) is 6.61 Å². The normalized spacial score (nSPS) is 10.1. The van der Waals surface area contributed by atoms with Gasteiger partial charge in [-0.05, 0) is 23.8 Å². The van der Waals surface area contributed by atoms with Crippen LogP contribution in [0.25, 0.3) is 0 Å². The van der Waals surface area contributed by atoms with E-state index in [9.17, 15) is 0 Å². The van der Waals surface area contributed by atoms with Gasteiger partial charge < -0.3 is 15.6 Å². The summed E-state index contributed by atoms with van der Waals surface area (Å²) in [5, 5.41) is 8.88. The molecule has 0 aliphatic rings. The zero-order chi connectivity index (χ0) is 11.4. The average Bonchev–Trinajstić information content (AvgIpc) is 2.30. The molecule has 3 N–H and O–H groups in total. The fourth-order valence-corrected chi connectivity index (χ4v) is 1.26. The number of anilines is 1. The van der Waals surface area contributed by atoms with Crippen LogP contribution in [0, 0.1) is 0 Å². The van der Waals surface area contributed by atoms with E-state index in [0.29, 0.717) is 17.3 Å². The molecule has 16 heavy (non-hydrogen) atoms. The number of hydrogen-bond acceptors (Lipinski definition) is 4. The lowest BCUT2D eigenvalue weighted by atomic mass is 10.2. The predicted molar refractivity (Wildman–Crippen MR) is 61.1 cm³/mol. The molecule has 0 bridgehead atoms. The van der Waals surface area contributed by atoms with Crippen LogP contribution in [0.15, 0.2) is 42.6 Å². The summed E-state index contributed by atoms with van der Waals surface area (Å²) >= 11 is 0. The van der Waals surface area contributed by atoms with Gasteiger partial charge in [-0.2, -0.15) is 0 Å². The topological polar surface area (TPSA) is 68.4 Å². The zero-order valence-electron chi connectivity index (χ0n) is 8.63. The summed E-state index contributed by atoms with van der Waals surface area (Å²) in [6, 6.07) is 10.5. The number of nitrogens with zero attached hydrogens (tertiary/aromatic N) is 1. The molecule has 2 rings (SSSR count). The van der Waals surface area contributed by atoms with Gasteiger partial charge in [-0.25, -0.2) is 4.98 Å². The molecule has 4 heteroatoms. The van der Waals surface area contributed by atoms with Crippen LogP contribution in [-0.4, -0.2) is 10.1 Å². The molecule has 0 radical (unpaired) electrons. The molecule has 0 saturated heterocycles. The molecule has 1 aromatic heterocycles. The second kappa shape index (κ2) is 4.63. The number of aromatic nitrogens is 1. The summed E-state index contributed by atoms with van der Waals surface area (Å²) in [7, 11) is 0. The van der Waals surface area contributed by atoms with E-state index in [1.165, 1.54) is 0 Å². The van der Waals surface area contributed by atoms with E-state index < -0.39 is 0 Å². The number of ether oxygens (including phenoxy) is 1. The SMILES string of the molecule is Nc1ccnc(Oc2ccc(CO)cc2)c1. The highest BCUT2D eigenvalue weighted by Crippen LogP contribution is 2.20. The lowest BCUT2D eigenvalue weighted by Crippen LogP contribution is -1.91. The number of nitrogen functional groups attached to an aromatic ring is 1. The molecule has 0 aliphatic carbocycles. The second-order valence-corrected chi connectivity index (χ2v) is 3.33. The van der Waals surface area contributed by atoms with E-state index in [0.717, 1.165) is 5.56 Å². The largest absolute Gasteiger partial charge is 0.439 e. The van der Waals surface area contributed by atoms with Crippen molar-refractivity contribution in [1.29, 1.82) is 0 Å². The van der Waals surface area contributed by atoms with E-state index >= 15 is 0 Å². The summed E-state index contributed by atoms with van der Waals surface area (Å²) in [5.41, 5.74) is 7.05. The minimum atomic E-state index is 0.0246. The van der Waals surface area contributed by atoms with Crippen molar-refractivity contribution in [2.24, 2.45) is 0 Å². The molecule has 0 amide bonds. The van der Waals surface area contributed by atoms with E-state index in [-0.39, 0.29) is 6.61 Å². The number of nitrogens with two attached hydrogens (primary N) is 1. The molecule has 82 valence electrons. The Kier molecular flexibility index (Phi) is 3.03. The van der Waals surface area contributed by atoms with E-state index in [4.69, 9.17) is 15.6 Å². The summed E-state index contributed by atoms with van der Waals surface area (Å²) in [5.74, 6) is 1.12. The highest BCUT2D eigenvalue weighted by Gasteiger charge is 1.99. The quantitative estimate of drug-likeness (QED) is 0.822. The van der Waals surface area contributed by atoms with Gasteiger partial charge in [0.1, 0.15) is 5.75 Å². The van der Waals surface area contributed by atoms with E-state index in [1.54, 1.807) is 42.6 Å². The smallest absolute Gasteiger partial charge is 0.221 e. The summed E-state index contributed by atoms with van der Waals surface area (Å²) in [4.78, 5) is 4.03. The van der Waals surface area contributed by atoms with Crippen LogP contribution >= 0.6 is 0 Å². The minimum Gasteiger partial charge on any atom is -0.439 e. The van der Waals surface area contributed by atoms with Crippen molar-refractivity contribution in [3.8, 4) is 11.6 Å². The van der Waals surface area contributed by atoms with Crippen LogP contribution in [0.1, 0.15) is 5.56 Å². The number of pyridine rings is 1. The Hall–Kier alpha value is -2.07. The first-order chi connectivity index (χ1) is 7.78. The van der Waals surface area contributed by atoms with Crippen LogP contribution in [0.4, 0.5) is 5.69 Å². The lowest BCUT2D eigenvalue weighted by molar-refractivity contribution is 0.281. The molecule has 4 nitrogen and oxygen atoms in total. The molecule has 0 unspecified atom stereocenters. The summed E-state index contributed by atoms with van der Waals surface area (Å²) < 4.78 is 5.49. The minimum absolute atomic E-state index is 0.0246. The van der Waals surface area contributed by atoms with Gasteiger partial charge in [0.2, 0.25) is 5.88 Å². The third-order valence-electron chi connectivity index (χ3n) is 2.09. The van der Waals surface area contributed by atoms with Crippen molar-refractivity contribution in [3.05, 3.63) is 48.2 Å². The van der Waals surface area contributed by atoms with Crippen LogP contribution in [0.3, 0.4) is 0 Å². The van der Waals surface area contributed by atoms with Crippen molar-refractivity contribution in [3.63, 3.8) is 0 Å². The molecule has 2 aromatic rings. The number of aliphatic hydroxyl groups is 1. The number of benzene rings is 1. The van der Waals surface area contributed by atoms with Crippen molar-refractivity contribution < 1.29 is 9.84 Å². The zero-order valence-corrected chi connectivity index (χ0v) is 8.63. The Morgan fingerprint density at radius 3 is 2.56 bits per heavy atom. The van der Waals surface area contributed by atoms with Gasteiger partial charge >= 0.3 is 0 Å². The van der Waals surface area contributed by atoms with Crippen LogP contribution in [0.5, 0.6) is 11.6 Å². The van der Waals surface area contributed by atoms with Crippen LogP contribution < -0.4 is 10.5 Å². The number of aliphatic hydroxyl groups excluding tert-OH is 1. The monoisotopic (exact) mass is 216 g/mol.